The predicted octanol–water partition coefficient (Wildman–Crippen LogP) is 5.20. The first-order chi connectivity index (χ1) is 9.33. The van der Waals surface area contributed by atoms with Crippen LogP contribution in [-0.2, 0) is 0 Å². The standard InChI is InChI=1S/C18H15O/c1-14-7-9-16(10-8-14)18-12-11-17(13-19-18)15-5-3-2-4-6-15/h2-13H,1H3/q+1. The van der Waals surface area contributed by atoms with Gasteiger partial charge in [-0.3, -0.25) is 0 Å². The average molecular weight is 247 g/mol. The zero-order valence-corrected chi connectivity index (χ0v) is 10.8. The van der Waals surface area contributed by atoms with Crippen LogP contribution in [0.25, 0.3) is 22.5 Å². The molecular formula is C18H15O+. The quantitative estimate of drug-likeness (QED) is 0.566. The van der Waals surface area contributed by atoms with Crippen LogP contribution < -0.4 is 0 Å². The lowest BCUT2D eigenvalue weighted by Crippen LogP contribution is -1.80. The molecule has 19 heavy (non-hydrogen) atoms. The largest absolute Gasteiger partial charge is 0.359 e. The molecule has 3 rings (SSSR count). The molecule has 92 valence electrons. The van der Waals surface area contributed by atoms with Gasteiger partial charge in [-0.25, -0.2) is 4.42 Å². The van der Waals surface area contributed by atoms with E-state index in [-0.39, 0.29) is 0 Å². The van der Waals surface area contributed by atoms with Crippen molar-refractivity contribution in [1.29, 1.82) is 0 Å². The molecule has 0 aliphatic heterocycles. The van der Waals surface area contributed by atoms with E-state index in [4.69, 9.17) is 4.42 Å². The smallest absolute Gasteiger partial charge is 0.215 e. The highest BCUT2D eigenvalue weighted by Gasteiger charge is 2.11. The van der Waals surface area contributed by atoms with Crippen LogP contribution in [0.4, 0.5) is 0 Å². The van der Waals surface area contributed by atoms with Crippen molar-refractivity contribution in [3.05, 3.63) is 78.6 Å². The maximum atomic E-state index is 5.74. The highest BCUT2D eigenvalue weighted by molar-refractivity contribution is 5.65. The van der Waals surface area contributed by atoms with Crippen molar-refractivity contribution in [1.82, 2.24) is 0 Å². The Balaban J connectivity index is 1.93. The van der Waals surface area contributed by atoms with Crippen LogP contribution in [0.3, 0.4) is 0 Å². The second-order valence-corrected chi connectivity index (χ2v) is 4.62. The van der Waals surface area contributed by atoms with Gasteiger partial charge in [0.2, 0.25) is 0 Å². The fourth-order valence-electron chi connectivity index (χ4n) is 2.05. The lowest BCUT2D eigenvalue weighted by Gasteiger charge is -1.97. The molecule has 3 aromatic rings. The maximum Gasteiger partial charge on any atom is 0.359 e. The lowest BCUT2D eigenvalue weighted by molar-refractivity contribution is 0.568. The van der Waals surface area contributed by atoms with Gasteiger partial charge in [0.1, 0.15) is 0 Å². The Bertz CT molecular complexity index is 652. The summed E-state index contributed by atoms with van der Waals surface area (Å²) in [6, 6.07) is 22.7. The van der Waals surface area contributed by atoms with Crippen molar-refractivity contribution in [2.45, 2.75) is 6.92 Å². The van der Waals surface area contributed by atoms with Gasteiger partial charge in [0.25, 0.3) is 0 Å². The second-order valence-electron chi connectivity index (χ2n) is 4.62. The summed E-state index contributed by atoms with van der Waals surface area (Å²) < 4.78 is 5.74. The van der Waals surface area contributed by atoms with Gasteiger partial charge in [-0.1, -0.05) is 48.0 Å². The summed E-state index contributed by atoms with van der Waals surface area (Å²) >= 11 is 0. The van der Waals surface area contributed by atoms with Crippen LogP contribution in [0.2, 0.25) is 0 Å². The van der Waals surface area contributed by atoms with E-state index in [0.29, 0.717) is 0 Å². The Kier molecular flexibility index (Phi) is 3.11. The van der Waals surface area contributed by atoms with Gasteiger partial charge in [-0.15, -0.1) is 0 Å². The molecule has 0 aliphatic rings. The Morgan fingerprint density at radius 1 is 0.632 bits per heavy atom. The molecule has 0 N–H and O–H groups in total. The van der Waals surface area contributed by atoms with Crippen molar-refractivity contribution < 1.29 is 4.42 Å². The fourth-order valence-corrected chi connectivity index (χ4v) is 2.05. The van der Waals surface area contributed by atoms with Crippen LogP contribution >= 0.6 is 0 Å². The van der Waals surface area contributed by atoms with Crippen LogP contribution in [0.15, 0.2) is 77.4 Å². The van der Waals surface area contributed by atoms with Crippen molar-refractivity contribution in [3.63, 3.8) is 0 Å². The SMILES string of the molecule is Cc1ccc(-c2ccc(-c3ccccc3)c[o+]2)cc1. The van der Waals surface area contributed by atoms with Gasteiger partial charge in [-0.2, -0.15) is 0 Å². The topological polar surface area (TPSA) is 11.3 Å². The summed E-state index contributed by atoms with van der Waals surface area (Å²) in [6.45, 7) is 2.08. The van der Waals surface area contributed by atoms with Crippen LogP contribution in [0, 0.1) is 6.92 Å². The van der Waals surface area contributed by atoms with E-state index in [1.807, 2.05) is 30.5 Å². The van der Waals surface area contributed by atoms with Crippen molar-refractivity contribution in [3.8, 4) is 22.5 Å². The van der Waals surface area contributed by atoms with Crippen LogP contribution in [0.1, 0.15) is 5.56 Å². The Hall–Kier alpha value is -2.41. The first kappa shape index (κ1) is 11.7. The summed E-state index contributed by atoms with van der Waals surface area (Å²) in [5.74, 6) is 0.889. The van der Waals surface area contributed by atoms with E-state index >= 15 is 0 Å². The number of rotatable bonds is 2. The molecule has 1 nitrogen and oxygen atoms in total. The molecule has 0 aliphatic carbocycles. The molecule has 0 saturated carbocycles. The van der Waals surface area contributed by atoms with E-state index < -0.39 is 0 Å². The molecule has 1 heterocycles. The molecule has 0 radical (unpaired) electrons. The Morgan fingerprint density at radius 3 is 1.95 bits per heavy atom. The Labute approximate surface area is 113 Å². The number of hydrogen-bond donors (Lipinski definition) is 0. The monoisotopic (exact) mass is 247 g/mol. The van der Waals surface area contributed by atoms with Gasteiger partial charge in [0.05, 0.1) is 11.1 Å². The fraction of sp³-hybridized carbons (Fsp3) is 0.0556. The summed E-state index contributed by atoms with van der Waals surface area (Å²) in [5.41, 5.74) is 4.62. The maximum absolute atomic E-state index is 5.74. The molecule has 0 unspecified atom stereocenters. The van der Waals surface area contributed by atoms with E-state index in [1.165, 1.54) is 11.1 Å². The van der Waals surface area contributed by atoms with Gasteiger partial charge in [0, 0.05) is 6.07 Å². The third-order valence-electron chi connectivity index (χ3n) is 3.17. The molecule has 0 spiro atoms. The zero-order valence-electron chi connectivity index (χ0n) is 10.8. The summed E-state index contributed by atoms with van der Waals surface area (Å²) in [5, 5.41) is 0. The van der Waals surface area contributed by atoms with E-state index in [2.05, 4.69) is 49.4 Å². The summed E-state index contributed by atoms with van der Waals surface area (Å²) in [7, 11) is 0. The minimum atomic E-state index is 0.889. The third-order valence-corrected chi connectivity index (χ3v) is 3.17. The molecule has 2 aromatic carbocycles. The number of benzene rings is 2. The predicted molar refractivity (Wildman–Crippen MR) is 78.7 cm³/mol. The van der Waals surface area contributed by atoms with Crippen LogP contribution in [0.5, 0.6) is 0 Å². The molecule has 1 aromatic heterocycles. The van der Waals surface area contributed by atoms with E-state index in [9.17, 15) is 0 Å². The Morgan fingerprint density at radius 2 is 1.32 bits per heavy atom. The molecule has 0 fully saturated rings. The van der Waals surface area contributed by atoms with Gasteiger partial charge >= 0.3 is 12.0 Å². The molecule has 0 atom stereocenters. The van der Waals surface area contributed by atoms with Gasteiger partial charge in [-0.05, 0) is 30.7 Å². The zero-order chi connectivity index (χ0) is 13.1. The second kappa shape index (κ2) is 5.07. The molecule has 0 amide bonds. The molecule has 0 bridgehead atoms. The highest BCUT2D eigenvalue weighted by Crippen LogP contribution is 2.24. The first-order valence-corrected chi connectivity index (χ1v) is 6.37. The third kappa shape index (κ3) is 2.55. The molecule has 1 heteroatoms. The molecule has 0 saturated heterocycles. The number of aryl methyl sites for hydroxylation is 1. The first-order valence-electron chi connectivity index (χ1n) is 6.37. The van der Waals surface area contributed by atoms with E-state index in [1.54, 1.807) is 0 Å². The minimum Gasteiger partial charge on any atom is -0.215 e. The van der Waals surface area contributed by atoms with Crippen molar-refractivity contribution in [2.24, 2.45) is 0 Å². The lowest BCUT2D eigenvalue weighted by atomic mass is 10.1. The van der Waals surface area contributed by atoms with Crippen molar-refractivity contribution in [2.75, 3.05) is 0 Å². The summed E-state index contributed by atoms with van der Waals surface area (Å²) in [6.07, 6.45) is 1.81. The highest BCUT2D eigenvalue weighted by atomic mass is 16.3. The minimum absolute atomic E-state index is 0.889. The average Bonchev–Trinajstić information content (AvgIpc) is 2.49. The normalized spacial score (nSPS) is 10.4. The van der Waals surface area contributed by atoms with Gasteiger partial charge < -0.3 is 0 Å². The van der Waals surface area contributed by atoms with Crippen molar-refractivity contribution >= 4 is 0 Å². The van der Waals surface area contributed by atoms with E-state index in [0.717, 1.165) is 16.9 Å². The number of hydrogen-bond acceptors (Lipinski definition) is 0. The summed E-state index contributed by atoms with van der Waals surface area (Å²) in [4.78, 5) is 0. The molecular weight excluding hydrogens is 232 g/mol. The van der Waals surface area contributed by atoms with Crippen LogP contribution in [-0.4, -0.2) is 0 Å². The van der Waals surface area contributed by atoms with Gasteiger partial charge in [0.15, 0.2) is 0 Å².